The van der Waals surface area contributed by atoms with Crippen LogP contribution in [0.5, 0.6) is 0 Å². The number of carbonyl (C=O) groups is 1. The molecule has 0 aromatic heterocycles. The third-order valence-electron chi connectivity index (χ3n) is 0.916. The highest BCUT2D eigenvalue weighted by Crippen LogP contribution is 1.77. The second-order valence-electron chi connectivity index (χ2n) is 2.01. The van der Waals surface area contributed by atoms with Gasteiger partial charge in [-0.1, -0.05) is 6.92 Å². The van der Waals surface area contributed by atoms with Crippen LogP contribution in [0.25, 0.3) is 0 Å². The van der Waals surface area contributed by atoms with Gasteiger partial charge in [0.2, 0.25) is 5.91 Å². The molecule has 0 aromatic carbocycles. The van der Waals surface area contributed by atoms with Crippen molar-refractivity contribution in [3.63, 3.8) is 0 Å². The summed E-state index contributed by atoms with van der Waals surface area (Å²) in [5, 5.41) is 11.2. The van der Waals surface area contributed by atoms with Crippen molar-refractivity contribution in [3.05, 3.63) is 0 Å². The maximum atomic E-state index is 10.5. The van der Waals surface area contributed by atoms with Crippen LogP contribution in [0.15, 0.2) is 0 Å². The summed E-state index contributed by atoms with van der Waals surface area (Å²) < 4.78 is 0. The maximum absolute atomic E-state index is 10.5. The molecule has 0 bridgehead atoms. The highest BCUT2D eigenvalue weighted by Gasteiger charge is 1.97. The third kappa shape index (κ3) is 5.30. The van der Waals surface area contributed by atoms with Crippen molar-refractivity contribution in [1.29, 1.82) is 0 Å². The minimum Gasteiger partial charge on any atom is -0.392 e. The van der Waals surface area contributed by atoms with Gasteiger partial charge in [-0.15, -0.1) is 0 Å². The predicted molar refractivity (Wildman–Crippen MR) is 35.0 cm³/mol. The van der Waals surface area contributed by atoms with Gasteiger partial charge in [-0.2, -0.15) is 0 Å². The van der Waals surface area contributed by atoms with Gasteiger partial charge in [0.05, 0.1) is 6.10 Å². The second-order valence-corrected chi connectivity index (χ2v) is 2.01. The van der Waals surface area contributed by atoms with E-state index in [1.54, 1.807) is 13.8 Å². The minimum atomic E-state index is -0.444. The van der Waals surface area contributed by atoms with E-state index >= 15 is 0 Å². The summed E-state index contributed by atoms with van der Waals surface area (Å²) in [7, 11) is 0. The van der Waals surface area contributed by atoms with E-state index in [4.69, 9.17) is 5.11 Å². The number of carbonyl (C=O) groups excluding carboxylic acids is 1. The summed E-state index contributed by atoms with van der Waals surface area (Å²) in [5.74, 6) is -0.0177. The maximum Gasteiger partial charge on any atom is 0.219 e. The Morgan fingerprint density at radius 2 is 2.33 bits per heavy atom. The van der Waals surface area contributed by atoms with E-state index in [0.29, 0.717) is 13.0 Å². The fourth-order valence-corrected chi connectivity index (χ4v) is 0.387. The van der Waals surface area contributed by atoms with E-state index in [9.17, 15) is 4.79 Å². The highest BCUT2D eigenvalue weighted by atomic mass is 16.3. The molecule has 1 atom stereocenters. The fraction of sp³-hybridized carbons (Fsp3) is 0.833. The fourth-order valence-electron chi connectivity index (χ4n) is 0.387. The minimum absolute atomic E-state index is 0.0177. The average molecular weight is 131 g/mol. The van der Waals surface area contributed by atoms with Gasteiger partial charge in [-0.25, -0.2) is 0 Å². The molecule has 0 fully saturated rings. The van der Waals surface area contributed by atoms with Gasteiger partial charge < -0.3 is 10.4 Å². The van der Waals surface area contributed by atoms with Gasteiger partial charge >= 0.3 is 0 Å². The summed E-state index contributed by atoms with van der Waals surface area (Å²) in [6.45, 7) is 3.76. The van der Waals surface area contributed by atoms with Crippen molar-refractivity contribution >= 4 is 5.91 Å². The zero-order valence-corrected chi connectivity index (χ0v) is 5.85. The van der Waals surface area contributed by atoms with Crippen LogP contribution in [0.4, 0.5) is 0 Å². The number of rotatable bonds is 3. The Morgan fingerprint density at radius 3 is 2.67 bits per heavy atom. The quantitative estimate of drug-likeness (QED) is 0.561. The molecule has 0 radical (unpaired) electrons. The molecule has 0 spiro atoms. The van der Waals surface area contributed by atoms with Gasteiger partial charge in [0.15, 0.2) is 0 Å². The molecule has 0 aliphatic heterocycles. The Balaban J connectivity index is 3.17. The predicted octanol–water partition coefficient (Wildman–Crippen LogP) is -0.107. The van der Waals surface area contributed by atoms with Crippen LogP contribution in [0, 0.1) is 0 Å². The van der Waals surface area contributed by atoms with Gasteiger partial charge in [-0.05, 0) is 6.92 Å². The van der Waals surface area contributed by atoms with E-state index in [0.717, 1.165) is 0 Å². The molecule has 0 rings (SSSR count). The zero-order chi connectivity index (χ0) is 7.28. The number of hydrogen-bond acceptors (Lipinski definition) is 2. The van der Waals surface area contributed by atoms with E-state index < -0.39 is 6.10 Å². The van der Waals surface area contributed by atoms with E-state index in [-0.39, 0.29) is 5.91 Å². The number of amides is 1. The number of aliphatic hydroxyl groups excluding tert-OH is 1. The monoisotopic (exact) mass is 131 g/mol. The Bertz CT molecular complexity index is 91.1. The Hall–Kier alpha value is -0.570. The molecule has 0 unspecified atom stereocenters. The first-order valence-corrected chi connectivity index (χ1v) is 3.11. The van der Waals surface area contributed by atoms with E-state index in [1.807, 2.05) is 0 Å². The standard InChI is InChI=1S/C6H13NO2/c1-3-6(9)7-4-5(2)8/h5,8H,3-4H2,1-2H3,(H,7,9)/t5-/m0/s1. The second kappa shape index (κ2) is 4.32. The number of hydrogen-bond donors (Lipinski definition) is 2. The molecule has 54 valence electrons. The van der Waals surface area contributed by atoms with Gasteiger partial charge in [0.1, 0.15) is 0 Å². The molecule has 3 nitrogen and oxygen atoms in total. The lowest BCUT2D eigenvalue weighted by Crippen LogP contribution is -2.29. The Morgan fingerprint density at radius 1 is 1.78 bits per heavy atom. The van der Waals surface area contributed by atoms with Gasteiger partial charge in [0.25, 0.3) is 0 Å². The largest absolute Gasteiger partial charge is 0.392 e. The summed E-state index contributed by atoms with van der Waals surface area (Å²) in [6.07, 6.45) is 0.0349. The molecule has 0 aliphatic carbocycles. The molecule has 3 heteroatoms. The van der Waals surface area contributed by atoms with Crippen LogP contribution in [0.2, 0.25) is 0 Å². The smallest absolute Gasteiger partial charge is 0.219 e. The van der Waals surface area contributed by atoms with Crippen LogP contribution in [0.1, 0.15) is 20.3 Å². The number of aliphatic hydroxyl groups is 1. The van der Waals surface area contributed by atoms with Crippen LogP contribution in [-0.4, -0.2) is 23.7 Å². The molecule has 2 N–H and O–H groups in total. The van der Waals surface area contributed by atoms with Gasteiger partial charge in [0, 0.05) is 13.0 Å². The van der Waals surface area contributed by atoms with Crippen LogP contribution in [0.3, 0.4) is 0 Å². The van der Waals surface area contributed by atoms with E-state index in [2.05, 4.69) is 5.32 Å². The SMILES string of the molecule is CCC(=O)NC[C@H](C)O. The van der Waals surface area contributed by atoms with E-state index in [1.165, 1.54) is 0 Å². The average Bonchev–Trinajstić information content (AvgIpc) is 1.83. The molecule has 0 saturated carbocycles. The molecule has 1 amide bonds. The summed E-state index contributed by atoms with van der Waals surface area (Å²) in [5.41, 5.74) is 0. The first-order valence-electron chi connectivity index (χ1n) is 3.11. The van der Waals surface area contributed by atoms with Crippen molar-refractivity contribution in [1.82, 2.24) is 5.32 Å². The van der Waals surface area contributed by atoms with Crippen molar-refractivity contribution < 1.29 is 9.90 Å². The summed E-state index contributed by atoms with van der Waals surface area (Å²) in [6, 6.07) is 0. The molecular weight excluding hydrogens is 118 g/mol. The molecule has 0 saturated heterocycles. The lowest BCUT2D eigenvalue weighted by atomic mass is 10.4. The molecular formula is C6H13NO2. The van der Waals surface area contributed by atoms with Gasteiger partial charge in [-0.3, -0.25) is 4.79 Å². The Kier molecular flexibility index (Phi) is 4.05. The summed E-state index contributed by atoms with van der Waals surface area (Å²) >= 11 is 0. The van der Waals surface area contributed by atoms with Crippen molar-refractivity contribution in [2.75, 3.05) is 6.54 Å². The lowest BCUT2D eigenvalue weighted by Gasteiger charge is -2.04. The van der Waals surface area contributed by atoms with Crippen LogP contribution < -0.4 is 5.32 Å². The normalized spacial score (nSPS) is 12.8. The van der Waals surface area contributed by atoms with Crippen LogP contribution >= 0.6 is 0 Å². The molecule has 9 heavy (non-hydrogen) atoms. The Labute approximate surface area is 55.1 Å². The molecule has 0 aromatic rings. The third-order valence-corrected chi connectivity index (χ3v) is 0.916. The van der Waals surface area contributed by atoms with Crippen LogP contribution in [-0.2, 0) is 4.79 Å². The number of nitrogens with one attached hydrogen (secondary N) is 1. The summed E-state index contributed by atoms with van der Waals surface area (Å²) in [4.78, 5) is 10.5. The lowest BCUT2D eigenvalue weighted by molar-refractivity contribution is -0.121. The molecule has 0 aliphatic rings. The van der Waals surface area contributed by atoms with Crippen molar-refractivity contribution in [2.24, 2.45) is 0 Å². The first kappa shape index (κ1) is 8.43. The topological polar surface area (TPSA) is 49.3 Å². The zero-order valence-electron chi connectivity index (χ0n) is 5.85. The van der Waals surface area contributed by atoms with Crippen molar-refractivity contribution in [3.8, 4) is 0 Å². The highest BCUT2D eigenvalue weighted by molar-refractivity contribution is 5.75. The van der Waals surface area contributed by atoms with Crippen molar-refractivity contribution in [2.45, 2.75) is 26.4 Å². The molecule has 0 heterocycles. The first-order chi connectivity index (χ1) is 4.16.